The lowest BCUT2D eigenvalue weighted by molar-refractivity contribution is 0.0931. The minimum absolute atomic E-state index is 0.0796. The lowest BCUT2D eigenvalue weighted by Gasteiger charge is -2.11. The van der Waals surface area contributed by atoms with Gasteiger partial charge in [-0.1, -0.05) is 0 Å². The number of fused-ring (bicyclic) bond motifs is 1. The summed E-state index contributed by atoms with van der Waals surface area (Å²) in [6.45, 7) is 3.22. The zero-order valence-corrected chi connectivity index (χ0v) is 12.1. The third-order valence-corrected chi connectivity index (χ3v) is 4.07. The fraction of sp³-hybridized carbons (Fsp3) is 0.438. The van der Waals surface area contributed by atoms with Gasteiger partial charge >= 0.3 is 0 Å². The number of aliphatic hydroxyl groups is 1. The molecule has 1 aromatic heterocycles. The van der Waals surface area contributed by atoms with Crippen molar-refractivity contribution in [2.45, 2.75) is 19.8 Å². The van der Waals surface area contributed by atoms with Gasteiger partial charge in [0.05, 0.1) is 13.2 Å². The van der Waals surface area contributed by atoms with Crippen LogP contribution in [0.15, 0.2) is 24.3 Å². The zero-order chi connectivity index (χ0) is 14.9. The molecule has 0 aliphatic heterocycles. The van der Waals surface area contributed by atoms with E-state index in [1.807, 2.05) is 31.2 Å². The van der Waals surface area contributed by atoms with E-state index >= 15 is 0 Å². The number of hydrogen-bond donors (Lipinski definition) is 3. The molecule has 5 heteroatoms. The van der Waals surface area contributed by atoms with Crippen molar-refractivity contribution in [1.82, 2.24) is 10.3 Å². The number of amides is 1. The van der Waals surface area contributed by atoms with E-state index in [9.17, 15) is 9.90 Å². The lowest BCUT2D eigenvalue weighted by Crippen LogP contribution is -2.32. The highest BCUT2D eigenvalue weighted by Crippen LogP contribution is 2.44. The van der Waals surface area contributed by atoms with Crippen LogP contribution in [-0.2, 0) is 0 Å². The highest BCUT2D eigenvalue weighted by Gasteiger charge is 2.42. The number of rotatable bonds is 6. The summed E-state index contributed by atoms with van der Waals surface area (Å²) in [5.41, 5.74) is 1.34. The van der Waals surface area contributed by atoms with Gasteiger partial charge in [0, 0.05) is 28.9 Å². The molecule has 1 aliphatic rings. The lowest BCUT2D eigenvalue weighted by atomic mass is 10.1. The molecular formula is C16H20N2O3. The first-order valence-electron chi connectivity index (χ1n) is 7.30. The van der Waals surface area contributed by atoms with Gasteiger partial charge < -0.3 is 20.1 Å². The molecule has 3 rings (SSSR count). The number of aromatic amines is 1. The standard InChI is InChI=1S/C16H20N2O3/c1-2-21-12-4-3-11-7-14(18-13(11)8-12)15(20)17-9-16(10-19)5-6-16/h3-4,7-8,18-19H,2,5-6,9-10H2,1H3,(H,17,20). The Morgan fingerprint density at radius 2 is 2.24 bits per heavy atom. The molecule has 0 saturated heterocycles. The quantitative estimate of drug-likeness (QED) is 0.761. The van der Waals surface area contributed by atoms with Gasteiger partial charge in [0.15, 0.2) is 0 Å². The first-order valence-corrected chi connectivity index (χ1v) is 7.30. The third kappa shape index (κ3) is 2.88. The van der Waals surface area contributed by atoms with E-state index in [1.165, 1.54) is 0 Å². The Bertz CT molecular complexity index is 659. The number of ether oxygens (including phenoxy) is 1. The maximum Gasteiger partial charge on any atom is 0.267 e. The molecule has 0 spiro atoms. The Morgan fingerprint density at radius 3 is 2.90 bits per heavy atom. The normalized spacial score (nSPS) is 15.9. The summed E-state index contributed by atoms with van der Waals surface area (Å²) in [6.07, 6.45) is 1.96. The van der Waals surface area contributed by atoms with Crippen LogP contribution in [0.1, 0.15) is 30.3 Å². The van der Waals surface area contributed by atoms with Gasteiger partial charge in [0.1, 0.15) is 11.4 Å². The van der Waals surface area contributed by atoms with Crippen LogP contribution >= 0.6 is 0 Å². The average molecular weight is 288 g/mol. The van der Waals surface area contributed by atoms with Crippen LogP contribution in [0.3, 0.4) is 0 Å². The summed E-state index contributed by atoms with van der Waals surface area (Å²) in [7, 11) is 0. The number of H-pyrrole nitrogens is 1. The third-order valence-electron chi connectivity index (χ3n) is 4.07. The number of hydrogen-bond acceptors (Lipinski definition) is 3. The van der Waals surface area contributed by atoms with Crippen molar-refractivity contribution >= 4 is 16.8 Å². The summed E-state index contributed by atoms with van der Waals surface area (Å²) in [5, 5.41) is 13.1. The van der Waals surface area contributed by atoms with Crippen LogP contribution in [0.4, 0.5) is 0 Å². The number of nitrogens with one attached hydrogen (secondary N) is 2. The van der Waals surface area contributed by atoms with Crippen molar-refractivity contribution in [1.29, 1.82) is 0 Å². The minimum Gasteiger partial charge on any atom is -0.494 e. The number of carbonyl (C=O) groups is 1. The maximum absolute atomic E-state index is 12.2. The molecule has 1 amide bonds. The summed E-state index contributed by atoms with van der Waals surface area (Å²) in [4.78, 5) is 15.3. The Kier molecular flexibility index (Phi) is 3.59. The van der Waals surface area contributed by atoms with E-state index < -0.39 is 0 Å². The van der Waals surface area contributed by atoms with Crippen molar-refractivity contribution < 1.29 is 14.6 Å². The summed E-state index contributed by atoms with van der Waals surface area (Å²) >= 11 is 0. The van der Waals surface area contributed by atoms with Crippen LogP contribution < -0.4 is 10.1 Å². The van der Waals surface area contributed by atoms with Crippen LogP contribution in [0.25, 0.3) is 10.9 Å². The first-order chi connectivity index (χ1) is 10.2. The van der Waals surface area contributed by atoms with E-state index in [-0.39, 0.29) is 17.9 Å². The molecule has 0 radical (unpaired) electrons. The van der Waals surface area contributed by atoms with Crippen molar-refractivity contribution in [2.24, 2.45) is 5.41 Å². The van der Waals surface area contributed by atoms with Gasteiger partial charge in [0.2, 0.25) is 0 Å². The smallest absolute Gasteiger partial charge is 0.267 e. The highest BCUT2D eigenvalue weighted by molar-refractivity contribution is 5.98. The molecule has 2 aromatic rings. The fourth-order valence-corrected chi connectivity index (χ4v) is 2.42. The molecule has 21 heavy (non-hydrogen) atoms. The minimum atomic E-state index is -0.135. The first kappa shape index (κ1) is 13.9. The highest BCUT2D eigenvalue weighted by atomic mass is 16.5. The van der Waals surface area contributed by atoms with Gasteiger partial charge in [-0.15, -0.1) is 0 Å². The average Bonchev–Trinajstić information content (AvgIpc) is 3.16. The second-order valence-corrected chi connectivity index (χ2v) is 5.71. The van der Waals surface area contributed by atoms with E-state index in [2.05, 4.69) is 10.3 Å². The molecule has 0 atom stereocenters. The predicted molar refractivity (Wildman–Crippen MR) is 80.6 cm³/mol. The van der Waals surface area contributed by atoms with Crippen LogP contribution in [0, 0.1) is 5.41 Å². The molecule has 1 aliphatic carbocycles. The van der Waals surface area contributed by atoms with E-state index in [4.69, 9.17) is 4.74 Å². The summed E-state index contributed by atoms with van der Waals surface area (Å²) in [5.74, 6) is 0.653. The molecule has 1 aromatic carbocycles. The number of benzene rings is 1. The molecule has 5 nitrogen and oxygen atoms in total. The Morgan fingerprint density at radius 1 is 1.43 bits per heavy atom. The number of aromatic nitrogens is 1. The van der Waals surface area contributed by atoms with Gasteiger partial charge in [0.25, 0.3) is 5.91 Å². The second-order valence-electron chi connectivity index (χ2n) is 5.71. The van der Waals surface area contributed by atoms with Crippen LogP contribution in [-0.4, -0.2) is 35.8 Å². The molecule has 1 saturated carbocycles. The molecule has 0 unspecified atom stereocenters. The SMILES string of the molecule is CCOc1ccc2cc(C(=O)NCC3(CO)CC3)[nH]c2c1. The topological polar surface area (TPSA) is 74.3 Å². The van der Waals surface area contributed by atoms with E-state index in [0.29, 0.717) is 18.8 Å². The number of aliphatic hydroxyl groups excluding tert-OH is 1. The van der Waals surface area contributed by atoms with Crippen molar-refractivity contribution in [2.75, 3.05) is 19.8 Å². The van der Waals surface area contributed by atoms with Gasteiger partial charge in [-0.2, -0.15) is 0 Å². The van der Waals surface area contributed by atoms with Crippen LogP contribution in [0.5, 0.6) is 5.75 Å². The molecule has 112 valence electrons. The zero-order valence-electron chi connectivity index (χ0n) is 12.1. The largest absolute Gasteiger partial charge is 0.494 e. The van der Waals surface area contributed by atoms with E-state index in [1.54, 1.807) is 0 Å². The van der Waals surface area contributed by atoms with Gasteiger partial charge in [-0.25, -0.2) is 0 Å². The number of carbonyl (C=O) groups excluding carboxylic acids is 1. The van der Waals surface area contributed by atoms with Crippen molar-refractivity contribution in [3.63, 3.8) is 0 Å². The molecule has 1 fully saturated rings. The maximum atomic E-state index is 12.2. The summed E-state index contributed by atoms with van der Waals surface area (Å²) < 4.78 is 5.45. The monoisotopic (exact) mass is 288 g/mol. The Balaban J connectivity index is 1.72. The summed E-state index contributed by atoms with van der Waals surface area (Å²) in [6, 6.07) is 7.56. The molecule has 0 bridgehead atoms. The van der Waals surface area contributed by atoms with Gasteiger partial charge in [-0.3, -0.25) is 4.79 Å². The van der Waals surface area contributed by atoms with Crippen molar-refractivity contribution in [3.05, 3.63) is 30.0 Å². The van der Waals surface area contributed by atoms with Gasteiger partial charge in [-0.05, 0) is 38.0 Å². The Hall–Kier alpha value is -2.01. The van der Waals surface area contributed by atoms with Crippen molar-refractivity contribution in [3.8, 4) is 5.75 Å². The fourth-order valence-electron chi connectivity index (χ4n) is 2.42. The Labute approximate surface area is 123 Å². The van der Waals surface area contributed by atoms with E-state index in [0.717, 1.165) is 29.5 Å². The van der Waals surface area contributed by atoms with Crippen LogP contribution in [0.2, 0.25) is 0 Å². The second kappa shape index (κ2) is 5.41. The molecular weight excluding hydrogens is 268 g/mol. The molecule has 3 N–H and O–H groups in total. The predicted octanol–water partition coefficient (Wildman–Crippen LogP) is 2.07. The molecule has 1 heterocycles.